The number of carbonyl (C=O) groups excluding carboxylic acids is 4. The van der Waals surface area contributed by atoms with Crippen molar-refractivity contribution in [2.24, 2.45) is 11.8 Å². The lowest BCUT2D eigenvalue weighted by Gasteiger charge is -2.15. The fourth-order valence-electron chi connectivity index (χ4n) is 4.67. The number of unbranched alkanes of at least 4 members (excludes halogenated alkanes) is 6. The van der Waals surface area contributed by atoms with E-state index in [2.05, 4.69) is 27.7 Å². The van der Waals surface area contributed by atoms with Crippen molar-refractivity contribution in [1.82, 2.24) is 0 Å². The molecule has 0 N–H and O–H groups in total. The molecule has 0 aliphatic rings. The molecule has 6 nitrogen and oxygen atoms in total. The van der Waals surface area contributed by atoms with Gasteiger partial charge in [0.25, 0.3) is 0 Å². The van der Waals surface area contributed by atoms with E-state index in [9.17, 15) is 19.2 Å². The van der Waals surface area contributed by atoms with Gasteiger partial charge in [-0.1, -0.05) is 91.9 Å². The molecule has 1 atom stereocenters. The predicted molar refractivity (Wildman–Crippen MR) is 154 cm³/mol. The first-order valence-electron chi connectivity index (χ1n) is 15.6. The van der Waals surface area contributed by atoms with Gasteiger partial charge >= 0.3 is 0 Å². The zero-order chi connectivity index (χ0) is 28.4. The molecule has 0 rings (SSSR count). The molecule has 0 fully saturated rings. The normalized spacial score (nSPS) is 12.1. The second-order valence-electron chi connectivity index (χ2n) is 10.8. The summed E-state index contributed by atoms with van der Waals surface area (Å²) < 4.78 is 10.8. The van der Waals surface area contributed by atoms with Crippen LogP contribution in [0, 0.1) is 11.8 Å². The topological polar surface area (TPSA) is 86.7 Å². The second kappa shape index (κ2) is 25.9. The van der Waals surface area contributed by atoms with Crippen molar-refractivity contribution in [1.29, 1.82) is 0 Å². The van der Waals surface area contributed by atoms with Gasteiger partial charge in [0.1, 0.15) is 24.8 Å². The molecule has 0 amide bonds. The van der Waals surface area contributed by atoms with Crippen LogP contribution in [0.2, 0.25) is 0 Å². The summed E-state index contributed by atoms with van der Waals surface area (Å²) in [5.74, 6) is 0.427. The van der Waals surface area contributed by atoms with E-state index in [-0.39, 0.29) is 74.2 Å². The molecular formula is C32H58O6. The molecule has 0 aromatic rings. The first-order chi connectivity index (χ1) is 18.4. The van der Waals surface area contributed by atoms with Gasteiger partial charge in [-0.2, -0.15) is 0 Å². The molecule has 1 unspecified atom stereocenters. The quantitative estimate of drug-likeness (QED) is 0.0910. The molecule has 0 aliphatic heterocycles. The van der Waals surface area contributed by atoms with Gasteiger partial charge in [-0.3, -0.25) is 19.2 Å². The molecule has 0 saturated carbocycles. The molecule has 0 aromatic carbocycles. The number of hydrogen-bond donors (Lipinski definition) is 0. The molecule has 0 bridgehead atoms. The van der Waals surface area contributed by atoms with E-state index in [1.807, 2.05) is 0 Å². The number of hydrogen-bond acceptors (Lipinski definition) is 6. The van der Waals surface area contributed by atoms with Crippen LogP contribution in [0.1, 0.15) is 143 Å². The number of Topliss-reactive ketones (excluding diaryl/α,β-unsaturated/α-hetero) is 4. The molecule has 0 spiro atoms. The third-order valence-corrected chi connectivity index (χ3v) is 7.23. The highest BCUT2D eigenvalue weighted by atomic mass is 16.5. The Hall–Kier alpha value is -1.40. The largest absolute Gasteiger partial charge is 0.371 e. The summed E-state index contributed by atoms with van der Waals surface area (Å²) in [6.45, 7) is 8.95. The van der Waals surface area contributed by atoms with E-state index in [1.165, 1.54) is 19.3 Å². The maximum atomic E-state index is 12.7. The van der Waals surface area contributed by atoms with Gasteiger partial charge in [0.2, 0.25) is 0 Å². The van der Waals surface area contributed by atoms with Crippen molar-refractivity contribution in [2.75, 3.05) is 26.4 Å². The SMILES string of the molecule is CCCCCCC(CCCC)C(=O)CCC(=O)COCCOCC(=O)CCC(=O)C(CCCC)CCCC. The molecule has 222 valence electrons. The molecule has 0 saturated heterocycles. The Morgan fingerprint density at radius 1 is 0.474 bits per heavy atom. The number of ketones is 4. The molecule has 0 heterocycles. The van der Waals surface area contributed by atoms with Crippen molar-refractivity contribution in [3.63, 3.8) is 0 Å². The number of ether oxygens (including phenoxy) is 2. The summed E-state index contributed by atoms with van der Waals surface area (Å²) in [5.41, 5.74) is 0. The first-order valence-corrected chi connectivity index (χ1v) is 15.6. The maximum Gasteiger partial charge on any atom is 0.158 e. The Balaban J connectivity index is 4.04. The summed E-state index contributed by atoms with van der Waals surface area (Å²) >= 11 is 0. The molecule has 0 radical (unpaired) electrons. The third-order valence-electron chi connectivity index (χ3n) is 7.23. The van der Waals surface area contributed by atoms with Gasteiger partial charge < -0.3 is 9.47 Å². The Bertz CT molecular complexity index is 621. The average molecular weight is 539 g/mol. The van der Waals surface area contributed by atoms with Gasteiger partial charge in [0.05, 0.1) is 13.2 Å². The highest BCUT2D eigenvalue weighted by Gasteiger charge is 2.19. The van der Waals surface area contributed by atoms with Crippen LogP contribution in [0.15, 0.2) is 0 Å². The van der Waals surface area contributed by atoms with Crippen LogP contribution in [0.4, 0.5) is 0 Å². The standard InChI is InChI=1S/C32H58O6/c1-5-9-13-14-18-28(17-12-8-4)32(36)22-20-30(34)26-38-24-23-37-25-29(33)19-21-31(35)27(15-10-6-2)16-11-7-3/h27-28H,5-26H2,1-4H3. The van der Waals surface area contributed by atoms with Crippen molar-refractivity contribution in [3.05, 3.63) is 0 Å². The van der Waals surface area contributed by atoms with Crippen LogP contribution in [0.5, 0.6) is 0 Å². The Kier molecular flexibility index (Phi) is 24.9. The Labute approximate surface area is 233 Å². The lowest BCUT2D eigenvalue weighted by molar-refractivity contribution is -0.130. The van der Waals surface area contributed by atoms with E-state index in [4.69, 9.17) is 9.47 Å². The monoisotopic (exact) mass is 538 g/mol. The summed E-state index contributed by atoms with van der Waals surface area (Å²) in [7, 11) is 0. The van der Waals surface area contributed by atoms with Crippen molar-refractivity contribution < 1.29 is 28.7 Å². The average Bonchev–Trinajstić information content (AvgIpc) is 2.91. The van der Waals surface area contributed by atoms with E-state index in [0.717, 1.165) is 70.6 Å². The predicted octanol–water partition coefficient (Wildman–Crippen LogP) is 7.63. The van der Waals surface area contributed by atoms with Gasteiger partial charge in [-0.25, -0.2) is 0 Å². The van der Waals surface area contributed by atoms with Crippen LogP contribution >= 0.6 is 0 Å². The van der Waals surface area contributed by atoms with Crippen LogP contribution < -0.4 is 0 Å². The summed E-state index contributed by atoms with van der Waals surface area (Å²) in [4.78, 5) is 49.4. The Morgan fingerprint density at radius 2 is 0.842 bits per heavy atom. The van der Waals surface area contributed by atoms with Gasteiger partial charge in [0.15, 0.2) is 11.6 Å². The smallest absolute Gasteiger partial charge is 0.158 e. The first kappa shape index (κ1) is 36.6. The van der Waals surface area contributed by atoms with Gasteiger partial charge in [-0.15, -0.1) is 0 Å². The van der Waals surface area contributed by atoms with E-state index < -0.39 is 0 Å². The minimum atomic E-state index is -0.0787. The van der Waals surface area contributed by atoms with Crippen LogP contribution in [-0.4, -0.2) is 49.6 Å². The Morgan fingerprint density at radius 3 is 1.21 bits per heavy atom. The summed E-state index contributed by atoms with van der Waals surface area (Å²) in [6.07, 6.45) is 15.8. The molecule has 0 aliphatic carbocycles. The van der Waals surface area contributed by atoms with Crippen LogP contribution in [0.3, 0.4) is 0 Å². The van der Waals surface area contributed by atoms with Crippen molar-refractivity contribution in [2.45, 2.75) is 143 Å². The summed E-state index contributed by atoms with van der Waals surface area (Å²) in [6, 6.07) is 0. The zero-order valence-electron chi connectivity index (χ0n) is 25.2. The van der Waals surface area contributed by atoms with E-state index >= 15 is 0 Å². The zero-order valence-corrected chi connectivity index (χ0v) is 25.2. The van der Waals surface area contributed by atoms with E-state index in [1.54, 1.807) is 0 Å². The lowest BCUT2D eigenvalue weighted by atomic mass is 9.89. The number of rotatable bonds is 29. The maximum absolute atomic E-state index is 12.7. The molecule has 38 heavy (non-hydrogen) atoms. The summed E-state index contributed by atoms with van der Waals surface area (Å²) in [5, 5.41) is 0. The van der Waals surface area contributed by atoms with Gasteiger partial charge in [-0.05, 0) is 25.7 Å². The molecule has 6 heteroatoms. The highest BCUT2D eigenvalue weighted by molar-refractivity contribution is 5.88. The number of carbonyl (C=O) groups is 4. The van der Waals surface area contributed by atoms with Crippen LogP contribution in [0.25, 0.3) is 0 Å². The minimum absolute atomic E-state index is 0.0356. The fraction of sp³-hybridized carbons (Fsp3) is 0.875. The van der Waals surface area contributed by atoms with Crippen molar-refractivity contribution >= 4 is 23.1 Å². The van der Waals surface area contributed by atoms with Gasteiger partial charge in [0, 0.05) is 37.5 Å². The van der Waals surface area contributed by atoms with Crippen molar-refractivity contribution in [3.8, 4) is 0 Å². The fourth-order valence-corrected chi connectivity index (χ4v) is 4.67. The van der Waals surface area contributed by atoms with E-state index in [0.29, 0.717) is 12.8 Å². The van der Waals surface area contributed by atoms with Crippen LogP contribution in [-0.2, 0) is 28.7 Å². The molecule has 0 aromatic heterocycles. The second-order valence-corrected chi connectivity index (χ2v) is 10.8. The lowest BCUT2D eigenvalue weighted by Crippen LogP contribution is -2.19. The molecular weight excluding hydrogens is 480 g/mol. The third kappa shape index (κ3) is 20.5. The minimum Gasteiger partial charge on any atom is -0.371 e. The highest BCUT2D eigenvalue weighted by Crippen LogP contribution is 2.21.